The number of aliphatic hydroxyl groups excluding tert-OH is 4. The predicted molar refractivity (Wildman–Crippen MR) is 183 cm³/mol. The molecule has 51 heavy (non-hydrogen) atoms. The maximum Gasteiger partial charge on any atom is 0.224 e. The minimum atomic E-state index is -2.15. The fraction of sp³-hybridized carbons (Fsp3) is 0.667. The van der Waals surface area contributed by atoms with Crippen LogP contribution >= 0.6 is 11.6 Å². The molecule has 2 aliphatic heterocycles. The Labute approximate surface area is 297 Å². The Morgan fingerprint density at radius 3 is 1.76 bits per heavy atom. The summed E-state index contributed by atoms with van der Waals surface area (Å²) in [5.74, 6) is 0.545. The van der Waals surface area contributed by atoms with Crippen LogP contribution in [0, 0.1) is 0 Å². The van der Waals surface area contributed by atoms with Gasteiger partial charge in [-0.25, -0.2) is 18.7 Å². The number of hydrogen-bond acceptors (Lipinski definition) is 16. The van der Waals surface area contributed by atoms with Crippen molar-refractivity contribution in [2.45, 2.75) is 99.8 Å². The van der Waals surface area contributed by atoms with Crippen molar-refractivity contribution in [3.05, 3.63) is 17.8 Å². The molecule has 21 heteroatoms. The number of ether oxygens (including phenoxy) is 2. The van der Waals surface area contributed by atoms with Crippen molar-refractivity contribution in [3.8, 4) is 0 Å². The lowest BCUT2D eigenvalue weighted by atomic mass is 9.98. The van der Waals surface area contributed by atoms with Gasteiger partial charge in [0.05, 0.1) is 25.9 Å². The number of aromatic nitrogens is 8. The molecule has 8 atom stereocenters. The van der Waals surface area contributed by atoms with Crippen LogP contribution in [-0.2, 0) is 9.47 Å². The van der Waals surface area contributed by atoms with E-state index < -0.39 is 61.4 Å². The molecule has 4 fully saturated rings. The minimum Gasteiger partial charge on any atom is -0.394 e. The number of hydrogen-bond donors (Lipinski definition) is 7. The zero-order chi connectivity index (χ0) is 37.0. The number of nitrogens with zero attached hydrogens (tertiary/aromatic N) is 9. The van der Waals surface area contributed by atoms with Crippen LogP contribution in [0.1, 0.15) is 53.4 Å². The second kappa shape index (κ2) is 14.1. The normalized spacial score (nSPS) is 31.7. The van der Waals surface area contributed by atoms with Gasteiger partial charge in [0.25, 0.3) is 0 Å². The highest BCUT2D eigenvalue weighted by Crippen LogP contribution is 2.44. The van der Waals surface area contributed by atoms with Gasteiger partial charge in [0.15, 0.2) is 51.6 Å². The van der Waals surface area contributed by atoms with Crippen molar-refractivity contribution in [3.63, 3.8) is 0 Å². The van der Waals surface area contributed by atoms with E-state index in [-0.39, 0.29) is 29.6 Å². The molecule has 0 bridgehead atoms. The molecule has 0 radical (unpaired) electrons. The van der Waals surface area contributed by atoms with Crippen LogP contribution in [-0.4, -0.2) is 135 Å². The standard InChI is InChI=1S/C15H21FN6O3.C11H13ClFN5O3.C4H9N.H2/c1-15(16)10(24)8(5-23)25-13(15)22-6-18-9-11(21(2)7-3-4-7)19-14(17)20-12(9)22;1-11(13)6(20)4(2-19)21-9(11)18-3-15-5-7(12)16-10(14)17-8(5)18;1-5-4-2-3-4;/h6-8,10,13,23-24H,3-5H2,1-2H3,(H2,17,19,20);3-4,6,9,19-20H,2H2,1H3,(H2,14,16,17);4-5H,2-3H2,1H3;1H/t8-,10-,13-,15-;4-,6-,9-,11-;;/m11../s1. The van der Waals surface area contributed by atoms with Crippen molar-refractivity contribution < 1.29 is 40.1 Å². The van der Waals surface area contributed by atoms with Crippen molar-refractivity contribution >= 4 is 51.6 Å². The van der Waals surface area contributed by atoms with Gasteiger partial charge >= 0.3 is 0 Å². The van der Waals surface area contributed by atoms with Crippen molar-refractivity contribution in [2.24, 2.45) is 0 Å². The largest absolute Gasteiger partial charge is 0.394 e. The summed E-state index contributed by atoms with van der Waals surface area (Å²) in [6, 6.07) is 1.27. The van der Waals surface area contributed by atoms with E-state index in [0.29, 0.717) is 23.0 Å². The second-order valence-corrected chi connectivity index (χ2v) is 13.8. The van der Waals surface area contributed by atoms with Gasteiger partial charge in [0.1, 0.15) is 29.9 Å². The van der Waals surface area contributed by atoms with Gasteiger partial charge in [0, 0.05) is 20.6 Å². The first-order chi connectivity index (χ1) is 24.1. The molecule has 282 valence electrons. The third-order valence-electron chi connectivity index (χ3n) is 9.53. The number of alkyl halides is 2. The number of aliphatic hydroxyl groups is 4. The van der Waals surface area contributed by atoms with E-state index in [0.717, 1.165) is 18.9 Å². The topological polar surface area (TPSA) is 254 Å². The average molecular weight is 743 g/mol. The lowest BCUT2D eigenvalue weighted by molar-refractivity contribution is -0.0566. The molecule has 18 nitrogen and oxygen atoms in total. The monoisotopic (exact) mass is 742 g/mol. The van der Waals surface area contributed by atoms with Crippen molar-refractivity contribution in [2.75, 3.05) is 43.7 Å². The molecular formula is C30H45ClF2N12O6. The molecular weight excluding hydrogens is 698 g/mol. The van der Waals surface area contributed by atoms with Gasteiger partial charge in [-0.15, -0.1) is 0 Å². The quantitative estimate of drug-likeness (QED) is 0.128. The number of anilines is 3. The van der Waals surface area contributed by atoms with E-state index in [1.165, 1.54) is 48.5 Å². The third-order valence-corrected chi connectivity index (χ3v) is 9.79. The molecule has 0 amide bonds. The highest BCUT2D eigenvalue weighted by molar-refractivity contribution is 6.33. The fourth-order valence-electron chi connectivity index (χ4n) is 6.14. The summed E-state index contributed by atoms with van der Waals surface area (Å²) in [5, 5.41) is 41.6. The Balaban J connectivity index is 0.000000176. The van der Waals surface area contributed by atoms with E-state index in [1.54, 1.807) is 0 Å². The van der Waals surface area contributed by atoms with Crippen molar-refractivity contribution in [1.29, 1.82) is 0 Å². The molecule has 0 aromatic carbocycles. The first kappa shape index (κ1) is 37.1. The van der Waals surface area contributed by atoms with E-state index >= 15 is 4.39 Å². The summed E-state index contributed by atoms with van der Waals surface area (Å²) in [7, 11) is 3.92. The predicted octanol–water partition coefficient (Wildman–Crippen LogP) is 0.641. The molecule has 4 aromatic heterocycles. The number of nitrogens with one attached hydrogen (secondary N) is 1. The molecule has 9 N–H and O–H groups in total. The van der Waals surface area contributed by atoms with Gasteiger partial charge in [-0.1, -0.05) is 11.6 Å². The van der Waals surface area contributed by atoms with Crippen LogP contribution in [0.4, 0.5) is 26.5 Å². The number of fused-ring (bicyclic) bond motifs is 2. The Kier molecular flexibility index (Phi) is 10.2. The molecule has 6 heterocycles. The third kappa shape index (κ3) is 6.98. The van der Waals surface area contributed by atoms with Crippen LogP contribution < -0.4 is 21.7 Å². The Morgan fingerprint density at radius 2 is 1.35 bits per heavy atom. The summed E-state index contributed by atoms with van der Waals surface area (Å²) in [6.07, 6.45) is 0.195. The summed E-state index contributed by atoms with van der Waals surface area (Å²) in [6.45, 7) is 1.40. The summed E-state index contributed by atoms with van der Waals surface area (Å²) < 4.78 is 43.4. The molecule has 8 rings (SSSR count). The fourth-order valence-corrected chi connectivity index (χ4v) is 6.36. The number of imidazole rings is 2. The number of halogens is 3. The lowest BCUT2D eigenvalue weighted by Gasteiger charge is -2.25. The van der Waals surface area contributed by atoms with Gasteiger partial charge in [-0.2, -0.15) is 19.9 Å². The summed E-state index contributed by atoms with van der Waals surface area (Å²) in [5.41, 5.74) is 8.35. The maximum absolute atomic E-state index is 15.1. The minimum absolute atomic E-state index is 0. The van der Waals surface area contributed by atoms with Gasteiger partial charge in [-0.3, -0.25) is 9.13 Å². The SMILES string of the molecule is CN(c1nc(N)nc2c1ncn2[C@@H]1O[C@H](CO)[C@@H](O)[C@@]1(C)F)C1CC1.CNC1CC1.C[C@@]1(F)[C@H](O)[C@@H](CO)O[C@H]1n1cnc2c(Cl)nc(N)nc21.[HH]. The van der Waals surface area contributed by atoms with Crippen LogP contribution in [0.25, 0.3) is 22.3 Å². The Morgan fingerprint density at radius 1 is 0.882 bits per heavy atom. The molecule has 4 aromatic rings. The van der Waals surface area contributed by atoms with Gasteiger partial charge in [-0.05, 0) is 46.6 Å². The first-order valence-electron chi connectivity index (χ1n) is 16.5. The smallest absolute Gasteiger partial charge is 0.224 e. The van der Waals surface area contributed by atoms with Gasteiger partial charge < -0.3 is 51.6 Å². The maximum atomic E-state index is 15.1. The number of nitrogens with two attached hydrogens (primary N) is 2. The van der Waals surface area contributed by atoms with E-state index in [2.05, 4.69) is 35.2 Å². The molecule has 0 unspecified atom stereocenters. The van der Waals surface area contributed by atoms with Crippen LogP contribution in [0.3, 0.4) is 0 Å². The lowest BCUT2D eigenvalue weighted by Crippen LogP contribution is -2.40. The van der Waals surface area contributed by atoms with E-state index in [4.69, 9.17) is 37.6 Å². The highest BCUT2D eigenvalue weighted by Gasteiger charge is 2.56. The van der Waals surface area contributed by atoms with Crippen LogP contribution in [0.15, 0.2) is 12.7 Å². The first-order valence-corrected chi connectivity index (χ1v) is 16.8. The van der Waals surface area contributed by atoms with Gasteiger partial charge in [0.2, 0.25) is 11.9 Å². The van der Waals surface area contributed by atoms with E-state index in [9.17, 15) is 19.7 Å². The zero-order valence-electron chi connectivity index (χ0n) is 28.4. The average Bonchev–Trinajstić information content (AvgIpc) is 4.00. The van der Waals surface area contributed by atoms with Crippen LogP contribution in [0.2, 0.25) is 5.15 Å². The molecule has 2 saturated carbocycles. The summed E-state index contributed by atoms with van der Waals surface area (Å²) in [4.78, 5) is 26.5. The molecule has 2 saturated heterocycles. The van der Waals surface area contributed by atoms with Crippen molar-refractivity contribution in [1.82, 2.24) is 44.4 Å². The molecule has 4 aliphatic rings. The molecule has 2 aliphatic carbocycles. The Hall–Kier alpha value is -3.63. The number of nitrogen functional groups attached to an aromatic ring is 2. The second-order valence-electron chi connectivity index (χ2n) is 13.4. The zero-order valence-corrected chi connectivity index (χ0v) is 29.2. The number of rotatable bonds is 7. The van der Waals surface area contributed by atoms with Crippen LogP contribution in [0.5, 0.6) is 0 Å². The van der Waals surface area contributed by atoms with E-state index in [1.807, 2.05) is 19.0 Å². The molecule has 0 spiro atoms. The Bertz CT molecular complexity index is 1860. The summed E-state index contributed by atoms with van der Waals surface area (Å²) >= 11 is 5.91. The highest BCUT2D eigenvalue weighted by atomic mass is 35.5.